The van der Waals surface area contributed by atoms with Crippen LogP contribution in [0.4, 0.5) is 0 Å². The monoisotopic (exact) mass is 228 g/mol. The van der Waals surface area contributed by atoms with Gasteiger partial charge in [0.25, 0.3) is 0 Å². The molecule has 0 saturated carbocycles. The van der Waals surface area contributed by atoms with Crippen molar-refractivity contribution in [3.8, 4) is 0 Å². The minimum Gasteiger partial charge on any atom is -0.305 e. The summed E-state index contributed by atoms with van der Waals surface area (Å²) in [6, 6.07) is 1.09. The van der Waals surface area contributed by atoms with E-state index < -0.39 is 0 Å². The Labute approximate surface area is 93.5 Å². The highest BCUT2D eigenvalue weighted by Crippen LogP contribution is 2.20. The van der Waals surface area contributed by atoms with Gasteiger partial charge in [-0.15, -0.1) is 11.3 Å². The van der Waals surface area contributed by atoms with Crippen LogP contribution < -0.4 is 5.32 Å². The number of nitrogens with one attached hydrogen (secondary N) is 1. The van der Waals surface area contributed by atoms with Crippen LogP contribution in [0, 0.1) is 0 Å². The topological polar surface area (TPSA) is 24.9 Å². The lowest BCUT2D eigenvalue weighted by Crippen LogP contribution is -2.35. The van der Waals surface area contributed by atoms with Gasteiger partial charge in [0, 0.05) is 23.2 Å². The number of thioether (sulfide) groups is 1. The van der Waals surface area contributed by atoms with Gasteiger partial charge in [-0.3, -0.25) is 0 Å². The Hall–Kier alpha value is -0.0600. The summed E-state index contributed by atoms with van der Waals surface area (Å²) in [5, 5.41) is 5.78. The van der Waals surface area contributed by atoms with E-state index >= 15 is 0 Å². The van der Waals surface area contributed by atoms with Crippen molar-refractivity contribution >= 4 is 23.1 Å². The molecule has 1 aliphatic heterocycles. The largest absolute Gasteiger partial charge is 0.305 e. The highest BCUT2D eigenvalue weighted by molar-refractivity contribution is 7.99. The summed E-state index contributed by atoms with van der Waals surface area (Å²) in [5.74, 6) is 2.59. The summed E-state index contributed by atoms with van der Waals surface area (Å²) in [4.78, 5) is 4.33. The third-order valence-corrected chi connectivity index (χ3v) is 4.36. The van der Waals surface area contributed by atoms with Crippen LogP contribution in [0.1, 0.15) is 31.5 Å². The van der Waals surface area contributed by atoms with E-state index in [2.05, 4.69) is 34.4 Å². The van der Waals surface area contributed by atoms with Gasteiger partial charge in [-0.25, -0.2) is 4.98 Å². The Balaban J connectivity index is 1.84. The highest BCUT2D eigenvalue weighted by atomic mass is 32.2. The predicted octanol–water partition coefficient (Wildman–Crippen LogP) is 2.69. The van der Waals surface area contributed by atoms with E-state index in [0.29, 0.717) is 12.1 Å². The first-order chi connectivity index (χ1) is 6.86. The van der Waals surface area contributed by atoms with Gasteiger partial charge in [0.2, 0.25) is 0 Å². The van der Waals surface area contributed by atoms with E-state index in [-0.39, 0.29) is 0 Å². The fourth-order valence-electron chi connectivity index (χ4n) is 1.75. The molecule has 0 radical (unpaired) electrons. The number of thiazole rings is 1. The maximum absolute atomic E-state index is 4.33. The lowest BCUT2D eigenvalue weighted by atomic mass is 10.1. The lowest BCUT2D eigenvalue weighted by Gasteiger charge is -2.25. The maximum Gasteiger partial charge on any atom is 0.0795 e. The zero-order chi connectivity index (χ0) is 9.80. The summed E-state index contributed by atoms with van der Waals surface area (Å²) in [5.41, 5.74) is 3.09. The van der Waals surface area contributed by atoms with Crippen LogP contribution in [0.3, 0.4) is 0 Å². The van der Waals surface area contributed by atoms with Crippen LogP contribution in [0.2, 0.25) is 0 Å². The Kier molecular flexibility index (Phi) is 3.84. The summed E-state index contributed by atoms with van der Waals surface area (Å²) in [6.45, 7) is 2.20. The third-order valence-electron chi connectivity index (χ3n) is 2.54. The molecule has 2 rings (SSSR count). The van der Waals surface area contributed by atoms with Gasteiger partial charge in [0.15, 0.2) is 0 Å². The third kappa shape index (κ3) is 2.72. The smallest absolute Gasteiger partial charge is 0.0795 e. The molecular formula is C10H16N2S2. The normalized spacial score (nSPS) is 24.8. The molecule has 14 heavy (non-hydrogen) atoms. The molecule has 1 saturated heterocycles. The predicted molar refractivity (Wildman–Crippen MR) is 64.0 cm³/mol. The molecule has 0 aromatic carbocycles. The van der Waals surface area contributed by atoms with Gasteiger partial charge in [0.05, 0.1) is 11.2 Å². The average molecular weight is 228 g/mol. The molecule has 1 fully saturated rings. The van der Waals surface area contributed by atoms with Crippen LogP contribution in [-0.2, 0) is 0 Å². The summed E-state index contributed by atoms with van der Waals surface area (Å²) in [6.07, 6.45) is 2.67. The van der Waals surface area contributed by atoms with E-state index in [4.69, 9.17) is 0 Å². The number of rotatable bonds is 3. The fourth-order valence-corrected chi connectivity index (χ4v) is 3.48. The molecule has 1 N–H and O–H groups in total. The first-order valence-electron chi connectivity index (χ1n) is 5.08. The molecule has 0 spiro atoms. The molecule has 2 nitrogen and oxygen atoms in total. The van der Waals surface area contributed by atoms with E-state index in [1.165, 1.54) is 30.0 Å². The van der Waals surface area contributed by atoms with Gasteiger partial charge in [-0.2, -0.15) is 11.8 Å². The lowest BCUT2D eigenvalue weighted by molar-refractivity contribution is 0.448. The molecule has 1 aromatic heterocycles. The molecule has 1 aliphatic rings. The quantitative estimate of drug-likeness (QED) is 0.861. The first-order valence-corrected chi connectivity index (χ1v) is 7.18. The fraction of sp³-hybridized carbons (Fsp3) is 0.700. The number of hydrogen-bond donors (Lipinski definition) is 1. The standard InChI is InChI=1S/C10H16N2S2/c1-8(10-6-14-7-11-10)12-9-3-2-4-13-5-9/h6-9,12H,2-5H2,1H3. The second kappa shape index (κ2) is 5.14. The second-order valence-corrected chi connectivity index (χ2v) is 5.58. The zero-order valence-corrected chi connectivity index (χ0v) is 10.0. The molecule has 78 valence electrons. The second-order valence-electron chi connectivity index (χ2n) is 3.72. The van der Waals surface area contributed by atoms with Gasteiger partial charge in [-0.05, 0) is 25.5 Å². The Morgan fingerprint density at radius 3 is 3.21 bits per heavy atom. The molecule has 0 bridgehead atoms. The maximum atomic E-state index is 4.33. The van der Waals surface area contributed by atoms with Crippen molar-refractivity contribution < 1.29 is 0 Å². The van der Waals surface area contributed by atoms with Crippen molar-refractivity contribution in [1.82, 2.24) is 10.3 Å². The first kappa shape index (κ1) is 10.5. The molecular weight excluding hydrogens is 212 g/mol. The van der Waals surface area contributed by atoms with Crippen LogP contribution in [0.15, 0.2) is 10.9 Å². The summed E-state index contributed by atoms with van der Waals surface area (Å²) in [7, 11) is 0. The van der Waals surface area contributed by atoms with Crippen molar-refractivity contribution in [2.45, 2.75) is 31.8 Å². The Morgan fingerprint density at radius 2 is 2.57 bits per heavy atom. The van der Waals surface area contributed by atoms with E-state index in [9.17, 15) is 0 Å². The minimum atomic E-state index is 0.407. The Morgan fingerprint density at radius 1 is 1.64 bits per heavy atom. The molecule has 1 aromatic rings. The SMILES string of the molecule is CC(NC1CCCSC1)c1cscn1. The highest BCUT2D eigenvalue weighted by Gasteiger charge is 2.17. The number of aromatic nitrogens is 1. The van der Waals surface area contributed by atoms with Crippen LogP contribution in [0.5, 0.6) is 0 Å². The van der Waals surface area contributed by atoms with Crippen molar-refractivity contribution in [3.63, 3.8) is 0 Å². The molecule has 2 heterocycles. The minimum absolute atomic E-state index is 0.407. The average Bonchev–Trinajstić information content (AvgIpc) is 2.72. The van der Waals surface area contributed by atoms with Gasteiger partial charge < -0.3 is 5.32 Å². The van der Waals surface area contributed by atoms with E-state index in [1.807, 2.05) is 5.51 Å². The van der Waals surface area contributed by atoms with Gasteiger partial charge in [0.1, 0.15) is 0 Å². The Bertz CT molecular complexity index is 255. The van der Waals surface area contributed by atoms with Gasteiger partial charge in [-0.1, -0.05) is 0 Å². The molecule has 4 heteroatoms. The summed E-state index contributed by atoms with van der Waals surface area (Å²) >= 11 is 3.74. The van der Waals surface area contributed by atoms with Crippen LogP contribution in [0.25, 0.3) is 0 Å². The van der Waals surface area contributed by atoms with Crippen LogP contribution in [-0.4, -0.2) is 22.5 Å². The summed E-state index contributed by atoms with van der Waals surface area (Å²) < 4.78 is 0. The van der Waals surface area contributed by atoms with Crippen molar-refractivity contribution in [2.75, 3.05) is 11.5 Å². The van der Waals surface area contributed by atoms with E-state index in [1.54, 1.807) is 11.3 Å². The van der Waals surface area contributed by atoms with Gasteiger partial charge >= 0.3 is 0 Å². The van der Waals surface area contributed by atoms with Crippen molar-refractivity contribution in [3.05, 3.63) is 16.6 Å². The van der Waals surface area contributed by atoms with Crippen molar-refractivity contribution in [1.29, 1.82) is 0 Å². The molecule has 0 aliphatic carbocycles. The van der Waals surface area contributed by atoms with E-state index in [0.717, 1.165) is 0 Å². The number of nitrogens with zero attached hydrogens (tertiary/aromatic N) is 1. The van der Waals surface area contributed by atoms with Crippen molar-refractivity contribution in [2.24, 2.45) is 0 Å². The molecule has 2 atom stereocenters. The number of hydrogen-bond acceptors (Lipinski definition) is 4. The van der Waals surface area contributed by atoms with Crippen LogP contribution >= 0.6 is 23.1 Å². The molecule has 2 unspecified atom stereocenters. The zero-order valence-electron chi connectivity index (χ0n) is 8.40. The molecule has 0 amide bonds.